The molecule has 0 aliphatic carbocycles. The van der Waals surface area contributed by atoms with Crippen molar-refractivity contribution in [3.05, 3.63) is 21.0 Å². The van der Waals surface area contributed by atoms with Gasteiger partial charge in [0.1, 0.15) is 6.54 Å². The summed E-state index contributed by atoms with van der Waals surface area (Å²) in [6, 6.07) is 0. The lowest BCUT2D eigenvalue weighted by atomic mass is 10.3. The maximum atomic E-state index is 11.7. The van der Waals surface area contributed by atoms with Crippen molar-refractivity contribution in [1.29, 1.82) is 0 Å². The topological polar surface area (TPSA) is 103 Å². The Balaban J connectivity index is 2.07. The second kappa shape index (κ2) is 4.35. The van der Waals surface area contributed by atoms with Crippen molar-refractivity contribution in [3.8, 4) is 0 Å². The number of hydrogen-bond acceptors (Lipinski definition) is 4. The van der Waals surface area contributed by atoms with E-state index in [-0.39, 0.29) is 12.5 Å². The number of piperazine rings is 1. The number of aromatic amines is 2. The van der Waals surface area contributed by atoms with E-state index in [1.165, 1.54) is 0 Å². The minimum atomic E-state index is -0.589. The predicted octanol–water partition coefficient (Wildman–Crippen LogP) is -2.70. The van der Waals surface area contributed by atoms with Crippen molar-refractivity contribution in [3.63, 3.8) is 0 Å². The van der Waals surface area contributed by atoms with Crippen LogP contribution < -0.4 is 16.7 Å². The number of aromatic nitrogens is 3. The zero-order valence-corrected chi connectivity index (χ0v) is 8.65. The van der Waals surface area contributed by atoms with Gasteiger partial charge in [-0.1, -0.05) is 0 Å². The summed E-state index contributed by atoms with van der Waals surface area (Å²) in [4.78, 5) is 35.7. The van der Waals surface area contributed by atoms with Crippen molar-refractivity contribution in [1.82, 2.24) is 25.0 Å². The fourth-order valence-corrected chi connectivity index (χ4v) is 1.63. The Hall–Kier alpha value is -1.83. The molecule has 1 aromatic heterocycles. The van der Waals surface area contributed by atoms with Gasteiger partial charge >= 0.3 is 11.4 Å². The van der Waals surface area contributed by atoms with Crippen LogP contribution in [-0.4, -0.2) is 51.8 Å². The van der Waals surface area contributed by atoms with Crippen molar-refractivity contribution < 1.29 is 4.79 Å². The van der Waals surface area contributed by atoms with E-state index in [9.17, 15) is 14.4 Å². The molecule has 0 aromatic carbocycles. The summed E-state index contributed by atoms with van der Waals surface area (Å²) in [7, 11) is 0. The third-order valence-corrected chi connectivity index (χ3v) is 2.53. The molecule has 2 rings (SSSR count). The summed E-state index contributed by atoms with van der Waals surface area (Å²) in [5, 5.41) is 7.38. The lowest BCUT2D eigenvalue weighted by Crippen LogP contribution is -2.48. The summed E-state index contributed by atoms with van der Waals surface area (Å²) in [6.07, 6.45) is 0. The molecule has 0 saturated carbocycles. The maximum Gasteiger partial charge on any atom is 0.344 e. The van der Waals surface area contributed by atoms with E-state index in [2.05, 4.69) is 15.5 Å². The van der Waals surface area contributed by atoms with Gasteiger partial charge in [0, 0.05) is 26.2 Å². The lowest BCUT2D eigenvalue weighted by molar-refractivity contribution is -0.132. The summed E-state index contributed by atoms with van der Waals surface area (Å²) >= 11 is 0. The number of amides is 1. The Morgan fingerprint density at radius 3 is 2.25 bits per heavy atom. The standard InChI is InChI=1S/C8H13N5O3/c14-6(12-3-1-9-2-4-12)5-13-7(15)10-11-8(13)16/h9H,1-5H2,(H,10,15)(H,11,16). The van der Waals surface area contributed by atoms with Crippen LogP contribution in [0.1, 0.15) is 0 Å². The molecule has 1 aliphatic heterocycles. The molecule has 1 amide bonds. The SMILES string of the molecule is O=C(Cn1c(=O)[nH][nH]c1=O)N1CCNCC1. The Labute approximate surface area is 90.2 Å². The van der Waals surface area contributed by atoms with Crippen LogP contribution in [0.25, 0.3) is 0 Å². The van der Waals surface area contributed by atoms with E-state index in [1.807, 2.05) is 0 Å². The van der Waals surface area contributed by atoms with Gasteiger partial charge in [0.15, 0.2) is 0 Å². The quantitative estimate of drug-likeness (QED) is 0.511. The average molecular weight is 227 g/mol. The van der Waals surface area contributed by atoms with Crippen LogP contribution in [-0.2, 0) is 11.3 Å². The van der Waals surface area contributed by atoms with Crippen molar-refractivity contribution in [2.24, 2.45) is 0 Å². The summed E-state index contributed by atoms with van der Waals surface area (Å²) in [6.45, 7) is 2.48. The number of rotatable bonds is 2. The monoisotopic (exact) mass is 227 g/mol. The predicted molar refractivity (Wildman–Crippen MR) is 55.1 cm³/mol. The highest BCUT2D eigenvalue weighted by Gasteiger charge is 2.18. The molecule has 8 nitrogen and oxygen atoms in total. The van der Waals surface area contributed by atoms with Gasteiger partial charge in [-0.2, -0.15) is 0 Å². The van der Waals surface area contributed by atoms with Crippen LogP contribution >= 0.6 is 0 Å². The molecular formula is C8H13N5O3. The van der Waals surface area contributed by atoms with Gasteiger partial charge < -0.3 is 10.2 Å². The number of hydrogen-bond donors (Lipinski definition) is 3. The second-order valence-electron chi connectivity index (χ2n) is 3.58. The molecule has 0 bridgehead atoms. The summed E-state index contributed by atoms with van der Waals surface area (Å²) in [5.74, 6) is -0.214. The van der Waals surface area contributed by atoms with Crippen LogP contribution in [0.5, 0.6) is 0 Å². The molecule has 0 radical (unpaired) electrons. The Morgan fingerprint density at radius 2 is 1.69 bits per heavy atom. The molecule has 8 heteroatoms. The van der Waals surface area contributed by atoms with Gasteiger partial charge in [-0.05, 0) is 0 Å². The van der Waals surface area contributed by atoms with E-state index in [4.69, 9.17) is 0 Å². The highest BCUT2D eigenvalue weighted by Crippen LogP contribution is 1.93. The first-order valence-corrected chi connectivity index (χ1v) is 5.04. The highest BCUT2D eigenvalue weighted by atomic mass is 16.2. The first-order chi connectivity index (χ1) is 7.68. The number of nitrogens with zero attached hydrogens (tertiary/aromatic N) is 2. The molecule has 1 aromatic rings. The van der Waals surface area contributed by atoms with Gasteiger partial charge in [0.05, 0.1) is 0 Å². The van der Waals surface area contributed by atoms with E-state index in [1.54, 1.807) is 4.90 Å². The summed E-state index contributed by atoms with van der Waals surface area (Å²) < 4.78 is 0.852. The van der Waals surface area contributed by atoms with Crippen LogP contribution in [0, 0.1) is 0 Å². The molecule has 0 unspecified atom stereocenters. The van der Waals surface area contributed by atoms with Gasteiger partial charge in [0.2, 0.25) is 5.91 Å². The minimum Gasteiger partial charge on any atom is -0.339 e. The smallest absolute Gasteiger partial charge is 0.339 e. The van der Waals surface area contributed by atoms with Gasteiger partial charge in [-0.15, -0.1) is 0 Å². The van der Waals surface area contributed by atoms with Gasteiger partial charge in [0.25, 0.3) is 0 Å². The van der Waals surface area contributed by atoms with Crippen LogP contribution in [0.15, 0.2) is 9.59 Å². The third kappa shape index (κ3) is 2.06. The largest absolute Gasteiger partial charge is 0.344 e. The molecule has 16 heavy (non-hydrogen) atoms. The van der Waals surface area contributed by atoms with Crippen LogP contribution in [0.3, 0.4) is 0 Å². The Bertz CT molecular complexity index is 451. The van der Waals surface area contributed by atoms with E-state index in [0.717, 1.165) is 17.7 Å². The third-order valence-electron chi connectivity index (χ3n) is 2.53. The van der Waals surface area contributed by atoms with Crippen LogP contribution in [0.4, 0.5) is 0 Å². The molecule has 0 atom stereocenters. The van der Waals surface area contributed by atoms with Crippen molar-refractivity contribution in [2.45, 2.75) is 6.54 Å². The minimum absolute atomic E-state index is 0.211. The summed E-state index contributed by atoms with van der Waals surface area (Å²) in [5.41, 5.74) is -1.18. The fourth-order valence-electron chi connectivity index (χ4n) is 1.63. The van der Waals surface area contributed by atoms with Crippen LogP contribution in [0.2, 0.25) is 0 Å². The molecular weight excluding hydrogens is 214 g/mol. The normalized spacial score (nSPS) is 16.4. The molecule has 3 N–H and O–H groups in total. The first kappa shape index (κ1) is 10.7. The fraction of sp³-hybridized carbons (Fsp3) is 0.625. The van der Waals surface area contributed by atoms with Crippen molar-refractivity contribution >= 4 is 5.91 Å². The number of carbonyl (C=O) groups excluding carboxylic acids is 1. The average Bonchev–Trinajstić information content (AvgIpc) is 2.62. The Morgan fingerprint density at radius 1 is 1.12 bits per heavy atom. The molecule has 1 saturated heterocycles. The van der Waals surface area contributed by atoms with E-state index in [0.29, 0.717) is 13.1 Å². The lowest BCUT2D eigenvalue weighted by Gasteiger charge is -2.27. The maximum absolute atomic E-state index is 11.7. The highest BCUT2D eigenvalue weighted by molar-refractivity contribution is 5.76. The molecule has 88 valence electrons. The van der Waals surface area contributed by atoms with Crippen molar-refractivity contribution in [2.75, 3.05) is 26.2 Å². The first-order valence-electron chi connectivity index (χ1n) is 5.04. The zero-order chi connectivity index (χ0) is 11.5. The molecule has 1 fully saturated rings. The van der Waals surface area contributed by atoms with Gasteiger partial charge in [-0.3, -0.25) is 4.79 Å². The molecule has 2 heterocycles. The molecule has 1 aliphatic rings. The number of nitrogens with one attached hydrogen (secondary N) is 3. The molecule has 0 spiro atoms. The van der Waals surface area contributed by atoms with Gasteiger partial charge in [-0.25, -0.2) is 24.4 Å². The van der Waals surface area contributed by atoms with E-state index >= 15 is 0 Å². The number of H-pyrrole nitrogens is 2. The second-order valence-corrected chi connectivity index (χ2v) is 3.58. The number of carbonyl (C=O) groups is 1. The van der Waals surface area contributed by atoms with E-state index < -0.39 is 11.4 Å². The Kier molecular flexibility index (Phi) is 2.91. The zero-order valence-electron chi connectivity index (χ0n) is 8.65.